The number of aliphatic carboxylic acids is 1. The molecule has 2 rings (SSSR count). The van der Waals surface area contributed by atoms with Crippen molar-refractivity contribution < 1.29 is 9.90 Å². The van der Waals surface area contributed by atoms with E-state index >= 15 is 0 Å². The monoisotopic (exact) mass is 231 g/mol. The number of nitrogens with zero attached hydrogens (tertiary/aromatic N) is 1. The van der Waals surface area contributed by atoms with Gasteiger partial charge < -0.3 is 9.67 Å². The number of rotatable bonds is 4. The quantitative estimate of drug-likeness (QED) is 0.877. The molecule has 0 bridgehead atoms. The lowest BCUT2D eigenvalue weighted by molar-refractivity contribution is -0.138. The summed E-state index contributed by atoms with van der Waals surface area (Å²) in [6.45, 7) is 4.78. The van der Waals surface area contributed by atoms with E-state index < -0.39 is 11.9 Å². The van der Waals surface area contributed by atoms with Crippen LogP contribution in [0.15, 0.2) is 30.5 Å². The third kappa shape index (κ3) is 2.05. The van der Waals surface area contributed by atoms with E-state index in [1.165, 1.54) is 0 Å². The highest BCUT2D eigenvalue weighted by molar-refractivity contribution is 5.88. The van der Waals surface area contributed by atoms with E-state index in [-0.39, 0.29) is 0 Å². The molecule has 1 unspecified atom stereocenters. The lowest BCUT2D eigenvalue weighted by Gasteiger charge is -2.12. The van der Waals surface area contributed by atoms with Gasteiger partial charge in [0, 0.05) is 12.7 Å². The summed E-state index contributed by atoms with van der Waals surface area (Å²) >= 11 is 0. The molecule has 1 N–H and O–H groups in total. The lowest BCUT2D eigenvalue weighted by atomic mass is 9.99. The molecule has 0 saturated carbocycles. The molecule has 1 aromatic carbocycles. The molecule has 2 aromatic rings. The van der Waals surface area contributed by atoms with Crippen molar-refractivity contribution >= 4 is 16.9 Å². The summed E-state index contributed by atoms with van der Waals surface area (Å²) in [6.07, 6.45) is 3.08. The Morgan fingerprint density at radius 2 is 2.18 bits per heavy atom. The predicted molar refractivity (Wildman–Crippen MR) is 68.3 cm³/mol. The highest BCUT2D eigenvalue weighted by Crippen LogP contribution is 2.27. The topological polar surface area (TPSA) is 42.2 Å². The maximum atomic E-state index is 11.1. The molecule has 3 heteroatoms. The van der Waals surface area contributed by atoms with Crippen LogP contribution in [0, 0.1) is 0 Å². The number of aromatic nitrogens is 1. The fourth-order valence-electron chi connectivity index (χ4n) is 2.20. The van der Waals surface area contributed by atoms with E-state index in [0.29, 0.717) is 0 Å². The molecule has 0 aliphatic rings. The van der Waals surface area contributed by atoms with Crippen LogP contribution in [0.25, 0.3) is 10.9 Å². The summed E-state index contributed by atoms with van der Waals surface area (Å²) in [5.74, 6) is -1.24. The minimum atomic E-state index is -0.776. The molecule has 0 radical (unpaired) electrons. The van der Waals surface area contributed by atoms with Gasteiger partial charge in [0.2, 0.25) is 0 Å². The normalized spacial score (nSPS) is 12.8. The van der Waals surface area contributed by atoms with Crippen molar-refractivity contribution in [3.05, 3.63) is 36.0 Å². The maximum Gasteiger partial charge on any atom is 0.310 e. The highest BCUT2D eigenvalue weighted by Gasteiger charge is 2.18. The van der Waals surface area contributed by atoms with E-state index in [4.69, 9.17) is 5.11 Å². The predicted octanol–water partition coefficient (Wildman–Crippen LogP) is 3.24. The minimum absolute atomic E-state index is 0.468. The molecule has 0 fully saturated rings. The Morgan fingerprint density at radius 3 is 2.82 bits per heavy atom. The van der Waals surface area contributed by atoms with Crippen molar-refractivity contribution in [2.75, 3.05) is 0 Å². The van der Waals surface area contributed by atoms with Crippen LogP contribution in [0.4, 0.5) is 0 Å². The van der Waals surface area contributed by atoms with Gasteiger partial charge in [-0.15, -0.1) is 0 Å². The largest absolute Gasteiger partial charge is 0.481 e. The molecule has 0 aliphatic carbocycles. The van der Waals surface area contributed by atoms with Gasteiger partial charge in [-0.3, -0.25) is 4.79 Å². The van der Waals surface area contributed by atoms with Crippen LogP contribution in [-0.4, -0.2) is 15.6 Å². The first kappa shape index (κ1) is 11.7. The van der Waals surface area contributed by atoms with Crippen molar-refractivity contribution in [1.29, 1.82) is 0 Å². The molecular weight excluding hydrogens is 214 g/mol. The van der Waals surface area contributed by atoms with E-state index in [1.807, 2.05) is 30.5 Å². The molecule has 0 amide bonds. The smallest absolute Gasteiger partial charge is 0.310 e. The average Bonchev–Trinajstić information content (AvgIpc) is 2.72. The average molecular weight is 231 g/mol. The molecule has 3 nitrogen and oxygen atoms in total. The summed E-state index contributed by atoms with van der Waals surface area (Å²) in [4.78, 5) is 11.1. The van der Waals surface area contributed by atoms with Crippen molar-refractivity contribution in [2.24, 2.45) is 0 Å². The van der Waals surface area contributed by atoms with Gasteiger partial charge in [0.05, 0.1) is 11.4 Å². The van der Waals surface area contributed by atoms with Crippen LogP contribution in [0.3, 0.4) is 0 Å². The number of carbonyl (C=O) groups is 1. The number of benzene rings is 1. The second kappa shape index (κ2) is 4.62. The first-order valence-electron chi connectivity index (χ1n) is 5.95. The van der Waals surface area contributed by atoms with Gasteiger partial charge in [-0.2, -0.15) is 0 Å². The zero-order valence-electron chi connectivity index (χ0n) is 10.2. The Bertz CT molecular complexity index is 542. The fraction of sp³-hybridized carbons (Fsp3) is 0.357. The number of fused-ring (bicyclic) bond motifs is 1. The summed E-state index contributed by atoms with van der Waals surface area (Å²) < 4.78 is 2.14. The number of hydrogen-bond acceptors (Lipinski definition) is 1. The first-order chi connectivity index (χ1) is 8.15. The van der Waals surface area contributed by atoms with Gasteiger partial charge in [-0.1, -0.05) is 25.1 Å². The molecule has 0 saturated heterocycles. The molecule has 17 heavy (non-hydrogen) atoms. The van der Waals surface area contributed by atoms with E-state index in [0.717, 1.165) is 29.4 Å². The molecule has 1 aromatic heterocycles. The number of aryl methyl sites for hydroxylation is 1. The molecule has 90 valence electrons. The van der Waals surface area contributed by atoms with Crippen LogP contribution in [0.5, 0.6) is 0 Å². The highest BCUT2D eigenvalue weighted by atomic mass is 16.4. The van der Waals surface area contributed by atoms with E-state index in [9.17, 15) is 4.79 Å². The number of hydrogen-bond donors (Lipinski definition) is 1. The van der Waals surface area contributed by atoms with Crippen LogP contribution in [0.2, 0.25) is 0 Å². The molecular formula is C14H17NO2. The van der Waals surface area contributed by atoms with Gasteiger partial charge in [0.1, 0.15) is 0 Å². The summed E-state index contributed by atoms with van der Waals surface area (Å²) in [6, 6.07) is 7.91. The number of carboxylic acids is 1. The number of carboxylic acid groups (broad SMARTS) is 1. The standard InChI is InChI=1S/C14H17NO2/c1-3-8-15-9-7-11-5-4-6-12(13(11)15)10(2)14(16)17/h4-7,9-10H,3,8H2,1-2H3,(H,16,17). The zero-order valence-corrected chi connectivity index (χ0v) is 10.2. The Balaban J connectivity index is 2.61. The summed E-state index contributed by atoms with van der Waals surface area (Å²) in [7, 11) is 0. The van der Waals surface area contributed by atoms with Crippen molar-refractivity contribution in [2.45, 2.75) is 32.7 Å². The third-order valence-corrected chi connectivity index (χ3v) is 3.12. The lowest BCUT2D eigenvalue weighted by Crippen LogP contribution is -2.09. The molecule has 1 heterocycles. The first-order valence-corrected chi connectivity index (χ1v) is 5.95. The Labute approximate surface area is 101 Å². The van der Waals surface area contributed by atoms with Crippen LogP contribution < -0.4 is 0 Å². The van der Waals surface area contributed by atoms with Gasteiger partial charge >= 0.3 is 5.97 Å². The molecule has 0 spiro atoms. The summed E-state index contributed by atoms with van der Waals surface area (Å²) in [5.41, 5.74) is 1.96. The minimum Gasteiger partial charge on any atom is -0.481 e. The second-order valence-corrected chi connectivity index (χ2v) is 4.35. The van der Waals surface area contributed by atoms with E-state index in [2.05, 4.69) is 11.5 Å². The Morgan fingerprint density at radius 1 is 1.41 bits per heavy atom. The van der Waals surface area contributed by atoms with Crippen LogP contribution in [0.1, 0.15) is 31.7 Å². The van der Waals surface area contributed by atoms with Crippen molar-refractivity contribution in [1.82, 2.24) is 4.57 Å². The van der Waals surface area contributed by atoms with Gasteiger partial charge in [-0.25, -0.2) is 0 Å². The SMILES string of the molecule is CCCn1ccc2cccc(C(C)C(=O)O)c21. The third-order valence-electron chi connectivity index (χ3n) is 3.12. The van der Waals surface area contributed by atoms with Crippen molar-refractivity contribution in [3.8, 4) is 0 Å². The van der Waals surface area contributed by atoms with Crippen LogP contribution in [-0.2, 0) is 11.3 Å². The van der Waals surface area contributed by atoms with Gasteiger partial charge in [0.25, 0.3) is 0 Å². The van der Waals surface area contributed by atoms with Crippen LogP contribution >= 0.6 is 0 Å². The fourth-order valence-corrected chi connectivity index (χ4v) is 2.20. The Hall–Kier alpha value is -1.77. The second-order valence-electron chi connectivity index (χ2n) is 4.35. The maximum absolute atomic E-state index is 11.1. The van der Waals surface area contributed by atoms with Gasteiger partial charge in [0.15, 0.2) is 0 Å². The zero-order chi connectivity index (χ0) is 12.4. The molecule has 0 aliphatic heterocycles. The van der Waals surface area contributed by atoms with E-state index in [1.54, 1.807) is 6.92 Å². The van der Waals surface area contributed by atoms with Gasteiger partial charge in [-0.05, 0) is 30.4 Å². The Kier molecular flexibility index (Phi) is 3.18. The number of para-hydroxylation sites is 1. The summed E-state index contributed by atoms with van der Waals surface area (Å²) in [5, 5.41) is 10.3. The van der Waals surface area contributed by atoms with Crippen molar-refractivity contribution in [3.63, 3.8) is 0 Å². The molecule has 1 atom stereocenters.